The molecule has 0 saturated heterocycles. The molecule has 0 unspecified atom stereocenters. The summed E-state index contributed by atoms with van der Waals surface area (Å²) in [5.74, 6) is 0. The van der Waals surface area contributed by atoms with Crippen molar-refractivity contribution in [2.45, 2.75) is 37.8 Å². The van der Waals surface area contributed by atoms with Crippen molar-refractivity contribution in [2.24, 2.45) is 5.73 Å². The third-order valence-electron chi connectivity index (χ3n) is 2.48. The van der Waals surface area contributed by atoms with E-state index in [1.807, 2.05) is 0 Å². The van der Waals surface area contributed by atoms with Crippen LogP contribution in [0.5, 0.6) is 0 Å². The molecule has 14 heavy (non-hydrogen) atoms. The summed E-state index contributed by atoms with van der Waals surface area (Å²) >= 11 is 0. The number of carbonyl (C=O) groups is 1. The Labute approximate surface area is 83.6 Å². The first kappa shape index (κ1) is 11.3. The largest absolute Gasteiger partial charge is 0.448 e. The van der Waals surface area contributed by atoms with Gasteiger partial charge in [-0.2, -0.15) is 0 Å². The second-order valence-corrected chi connectivity index (χ2v) is 3.63. The number of amides is 1. The molecule has 5 heteroatoms. The molecule has 0 aliphatic heterocycles. The lowest BCUT2D eigenvalue weighted by atomic mass is 9.93. The third kappa shape index (κ3) is 4.43. The number of aliphatic hydroxyl groups is 1. The van der Waals surface area contributed by atoms with Crippen LogP contribution in [0, 0.1) is 0 Å². The van der Waals surface area contributed by atoms with Crippen molar-refractivity contribution in [3.05, 3.63) is 0 Å². The highest BCUT2D eigenvalue weighted by Crippen LogP contribution is 2.17. The van der Waals surface area contributed by atoms with Crippen LogP contribution in [0.1, 0.15) is 25.7 Å². The molecule has 1 fully saturated rings. The summed E-state index contributed by atoms with van der Waals surface area (Å²) in [6, 6.07) is 0.440. The number of primary amides is 1. The molecule has 5 nitrogen and oxygen atoms in total. The van der Waals surface area contributed by atoms with Gasteiger partial charge in [0.15, 0.2) is 0 Å². The van der Waals surface area contributed by atoms with Gasteiger partial charge in [0, 0.05) is 12.6 Å². The Hall–Kier alpha value is -0.810. The average molecular weight is 202 g/mol. The molecule has 0 heterocycles. The zero-order valence-electron chi connectivity index (χ0n) is 8.24. The van der Waals surface area contributed by atoms with Gasteiger partial charge in [-0.1, -0.05) is 0 Å². The van der Waals surface area contributed by atoms with E-state index in [1.165, 1.54) is 0 Å². The standard InChI is InChI=1S/C9H18N2O3/c10-9(13)14-6-5-11-7-1-3-8(12)4-2-7/h7-8,11-12H,1-6H2,(H2,10,13). The highest BCUT2D eigenvalue weighted by molar-refractivity contribution is 5.64. The summed E-state index contributed by atoms with van der Waals surface area (Å²) in [5.41, 5.74) is 4.81. The molecule has 0 atom stereocenters. The summed E-state index contributed by atoms with van der Waals surface area (Å²) in [7, 11) is 0. The first-order valence-corrected chi connectivity index (χ1v) is 5.02. The molecule has 0 radical (unpaired) electrons. The van der Waals surface area contributed by atoms with Gasteiger partial charge in [0.1, 0.15) is 6.61 Å². The molecule has 0 aromatic heterocycles. The Bertz CT molecular complexity index is 179. The zero-order chi connectivity index (χ0) is 10.4. The highest BCUT2D eigenvalue weighted by atomic mass is 16.5. The van der Waals surface area contributed by atoms with E-state index >= 15 is 0 Å². The molecule has 1 rings (SSSR count). The van der Waals surface area contributed by atoms with E-state index in [4.69, 9.17) is 5.73 Å². The SMILES string of the molecule is NC(=O)OCCNC1CCC(O)CC1. The fourth-order valence-corrected chi connectivity index (χ4v) is 1.69. The lowest BCUT2D eigenvalue weighted by Gasteiger charge is -2.26. The van der Waals surface area contributed by atoms with E-state index in [-0.39, 0.29) is 6.10 Å². The number of nitrogens with two attached hydrogens (primary N) is 1. The molecular weight excluding hydrogens is 184 g/mol. The Balaban J connectivity index is 1.99. The number of rotatable bonds is 4. The van der Waals surface area contributed by atoms with Gasteiger partial charge in [0.05, 0.1) is 6.10 Å². The van der Waals surface area contributed by atoms with E-state index in [0.29, 0.717) is 19.2 Å². The monoisotopic (exact) mass is 202 g/mol. The van der Waals surface area contributed by atoms with Crippen molar-refractivity contribution < 1.29 is 14.6 Å². The van der Waals surface area contributed by atoms with Gasteiger partial charge in [-0.15, -0.1) is 0 Å². The van der Waals surface area contributed by atoms with Crippen molar-refractivity contribution >= 4 is 6.09 Å². The number of ether oxygens (including phenoxy) is 1. The van der Waals surface area contributed by atoms with Crippen LogP contribution in [0.15, 0.2) is 0 Å². The molecule has 1 saturated carbocycles. The minimum Gasteiger partial charge on any atom is -0.448 e. The van der Waals surface area contributed by atoms with Gasteiger partial charge >= 0.3 is 6.09 Å². The van der Waals surface area contributed by atoms with Crippen LogP contribution in [0.4, 0.5) is 4.79 Å². The van der Waals surface area contributed by atoms with Crippen molar-refractivity contribution in [2.75, 3.05) is 13.2 Å². The van der Waals surface area contributed by atoms with E-state index in [2.05, 4.69) is 10.1 Å². The second kappa shape index (κ2) is 5.82. The molecule has 1 amide bonds. The fourth-order valence-electron chi connectivity index (χ4n) is 1.69. The number of hydrogen-bond donors (Lipinski definition) is 3. The Morgan fingerprint density at radius 3 is 2.64 bits per heavy atom. The molecule has 82 valence electrons. The van der Waals surface area contributed by atoms with Crippen molar-refractivity contribution in [1.29, 1.82) is 0 Å². The van der Waals surface area contributed by atoms with Gasteiger partial charge < -0.3 is 20.9 Å². The molecule has 4 N–H and O–H groups in total. The number of carbonyl (C=O) groups excluding carboxylic acids is 1. The molecule has 0 aromatic rings. The number of aliphatic hydroxyl groups excluding tert-OH is 1. The molecule has 0 aromatic carbocycles. The maximum atomic E-state index is 10.2. The first-order valence-electron chi connectivity index (χ1n) is 5.02. The summed E-state index contributed by atoms with van der Waals surface area (Å²) in [6.45, 7) is 0.943. The maximum Gasteiger partial charge on any atom is 0.404 e. The van der Waals surface area contributed by atoms with Crippen LogP contribution < -0.4 is 11.1 Å². The fraction of sp³-hybridized carbons (Fsp3) is 0.889. The topological polar surface area (TPSA) is 84.6 Å². The smallest absolute Gasteiger partial charge is 0.404 e. The highest BCUT2D eigenvalue weighted by Gasteiger charge is 2.18. The van der Waals surface area contributed by atoms with Crippen LogP contribution in [-0.4, -0.2) is 36.5 Å². The van der Waals surface area contributed by atoms with Gasteiger partial charge in [0.25, 0.3) is 0 Å². The van der Waals surface area contributed by atoms with E-state index in [1.54, 1.807) is 0 Å². The lowest BCUT2D eigenvalue weighted by molar-refractivity contribution is 0.114. The van der Waals surface area contributed by atoms with Gasteiger partial charge in [-0.3, -0.25) is 0 Å². The third-order valence-corrected chi connectivity index (χ3v) is 2.48. The van der Waals surface area contributed by atoms with Gasteiger partial charge in [0.2, 0.25) is 0 Å². The first-order chi connectivity index (χ1) is 6.68. The van der Waals surface area contributed by atoms with Crippen LogP contribution in [-0.2, 0) is 4.74 Å². The second-order valence-electron chi connectivity index (χ2n) is 3.63. The van der Waals surface area contributed by atoms with Crippen LogP contribution in [0.2, 0.25) is 0 Å². The van der Waals surface area contributed by atoms with Gasteiger partial charge in [-0.05, 0) is 25.7 Å². The molecule has 1 aliphatic rings. The maximum absolute atomic E-state index is 10.2. The zero-order valence-corrected chi connectivity index (χ0v) is 8.24. The van der Waals surface area contributed by atoms with Gasteiger partial charge in [-0.25, -0.2) is 4.79 Å². The van der Waals surface area contributed by atoms with Crippen molar-refractivity contribution in [3.8, 4) is 0 Å². The van der Waals surface area contributed by atoms with E-state index in [0.717, 1.165) is 25.7 Å². The van der Waals surface area contributed by atoms with Crippen LogP contribution in [0.25, 0.3) is 0 Å². The van der Waals surface area contributed by atoms with Crippen LogP contribution >= 0.6 is 0 Å². The summed E-state index contributed by atoms with van der Waals surface area (Å²) in [6.07, 6.45) is 2.82. The molecule has 1 aliphatic carbocycles. The quantitative estimate of drug-likeness (QED) is 0.559. The minimum absolute atomic E-state index is 0.130. The summed E-state index contributed by atoms with van der Waals surface area (Å²) < 4.78 is 4.58. The Kier molecular flexibility index (Phi) is 4.69. The molecular formula is C9H18N2O3. The minimum atomic E-state index is -0.731. The van der Waals surface area contributed by atoms with Crippen molar-refractivity contribution in [3.63, 3.8) is 0 Å². The van der Waals surface area contributed by atoms with E-state index < -0.39 is 6.09 Å². The Morgan fingerprint density at radius 2 is 2.07 bits per heavy atom. The average Bonchev–Trinajstić information content (AvgIpc) is 2.15. The molecule has 0 bridgehead atoms. The summed E-state index contributed by atoms with van der Waals surface area (Å²) in [5, 5.41) is 12.5. The predicted octanol–water partition coefficient (Wildman–Crippen LogP) is -0.0252. The lowest BCUT2D eigenvalue weighted by Crippen LogP contribution is -2.36. The van der Waals surface area contributed by atoms with E-state index in [9.17, 15) is 9.90 Å². The van der Waals surface area contributed by atoms with Crippen LogP contribution in [0.3, 0.4) is 0 Å². The Morgan fingerprint density at radius 1 is 1.43 bits per heavy atom. The summed E-state index contributed by atoms with van der Waals surface area (Å²) in [4.78, 5) is 10.2. The number of hydrogen-bond acceptors (Lipinski definition) is 4. The normalized spacial score (nSPS) is 27.2. The number of nitrogens with one attached hydrogen (secondary N) is 1. The molecule has 0 spiro atoms. The predicted molar refractivity (Wildman–Crippen MR) is 51.8 cm³/mol. The van der Waals surface area contributed by atoms with Crippen molar-refractivity contribution in [1.82, 2.24) is 5.32 Å².